The molecule has 0 bridgehead atoms. The molecule has 0 saturated heterocycles. The lowest BCUT2D eigenvalue weighted by atomic mass is 10.1. The van der Waals surface area contributed by atoms with E-state index in [1.807, 2.05) is 43.5 Å². The van der Waals surface area contributed by atoms with E-state index < -0.39 is 0 Å². The van der Waals surface area contributed by atoms with Crippen LogP contribution in [-0.4, -0.2) is 22.2 Å². The number of hydrogen-bond donors (Lipinski definition) is 2. The van der Waals surface area contributed by atoms with Crippen LogP contribution in [0.1, 0.15) is 18.9 Å². The van der Waals surface area contributed by atoms with Gasteiger partial charge in [-0.25, -0.2) is 4.68 Å². The zero-order valence-electron chi connectivity index (χ0n) is 11.6. The molecule has 2 aromatic rings. The standard InChI is InChI=1S/C15H20N4O/c1-12(7-8-16)15(20)17-9-13-10-18-19(11-13)14-5-3-2-4-6-14/h2-6,10-12H,7-9,16H2,1H3,(H,17,20). The smallest absolute Gasteiger partial charge is 0.223 e. The van der Waals surface area contributed by atoms with Crippen molar-refractivity contribution in [3.63, 3.8) is 0 Å². The molecule has 3 N–H and O–H groups in total. The van der Waals surface area contributed by atoms with Crippen LogP contribution >= 0.6 is 0 Å². The third-order valence-electron chi connectivity index (χ3n) is 3.17. The maximum absolute atomic E-state index is 11.8. The minimum Gasteiger partial charge on any atom is -0.352 e. The molecule has 1 aromatic heterocycles. The van der Waals surface area contributed by atoms with Gasteiger partial charge in [0.2, 0.25) is 5.91 Å². The molecule has 0 aliphatic carbocycles. The van der Waals surface area contributed by atoms with E-state index >= 15 is 0 Å². The maximum atomic E-state index is 11.8. The third-order valence-corrected chi connectivity index (χ3v) is 3.17. The summed E-state index contributed by atoms with van der Waals surface area (Å²) in [5.41, 5.74) is 7.42. The Morgan fingerprint density at radius 2 is 2.15 bits per heavy atom. The normalized spacial score (nSPS) is 12.1. The number of para-hydroxylation sites is 1. The topological polar surface area (TPSA) is 72.9 Å². The largest absolute Gasteiger partial charge is 0.352 e. The summed E-state index contributed by atoms with van der Waals surface area (Å²) in [7, 11) is 0. The van der Waals surface area contributed by atoms with Gasteiger partial charge in [-0.1, -0.05) is 25.1 Å². The van der Waals surface area contributed by atoms with Crippen LogP contribution in [0.4, 0.5) is 0 Å². The molecule has 0 spiro atoms. The van der Waals surface area contributed by atoms with Crippen LogP contribution in [0.2, 0.25) is 0 Å². The molecule has 5 nitrogen and oxygen atoms in total. The molecule has 0 aliphatic heterocycles. The molecule has 0 saturated carbocycles. The molecule has 1 aromatic carbocycles. The van der Waals surface area contributed by atoms with Crippen LogP contribution in [0.5, 0.6) is 0 Å². The van der Waals surface area contributed by atoms with Gasteiger partial charge in [0.05, 0.1) is 11.9 Å². The number of nitrogens with zero attached hydrogens (tertiary/aromatic N) is 2. The minimum absolute atomic E-state index is 0.0305. The van der Waals surface area contributed by atoms with E-state index in [4.69, 9.17) is 5.73 Å². The molecule has 1 amide bonds. The average molecular weight is 272 g/mol. The molecular weight excluding hydrogens is 252 g/mol. The van der Waals surface area contributed by atoms with Crippen LogP contribution in [0.15, 0.2) is 42.7 Å². The molecule has 0 aliphatic rings. The number of hydrogen-bond acceptors (Lipinski definition) is 3. The molecular formula is C15H20N4O. The predicted molar refractivity (Wildman–Crippen MR) is 78.2 cm³/mol. The van der Waals surface area contributed by atoms with Crippen LogP contribution in [0.3, 0.4) is 0 Å². The van der Waals surface area contributed by atoms with Crippen molar-refractivity contribution in [2.45, 2.75) is 19.9 Å². The average Bonchev–Trinajstić information content (AvgIpc) is 2.95. The van der Waals surface area contributed by atoms with Crippen LogP contribution < -0.4 is 11.1 Å². The van der Waals surface area contributed by atoms with Crippen LogP contribution in [0, 0.1) is 5.92 Å². The first-order valence-corrected chi connectivity index (χ1v) is 6.77. The molecule has 1 atom stereocenters. The van der Waals surface area contributed by atoms with E-state index in [9.17, 15) is 4.79 Å². The molecule has 1 heterocycles. The van der Waals surface area contributed by atoms with E-state index in [2.05, 4.69) is 10.4 Å². The van der Waals surface area contributed by atoms with Gasteiger partial charge in [-0.05, 0) is 25.1 Å². The van der Waals surface area contributed by atoms with Crippen molar-refractivity contribution >= 4 is 5.91 Å². The van der Waals surface area contributed by atoms with Gasteiger partial charge in [0.1, 0.15) is 0 Å². The van der Waals surface area contributed by atoms with E-state index in [1.165, 1.54) is 0 Å². The first-order chi connectivity index (χ1) is 9.70. The Bertz CT molecular complexity index is 550. The Labute approximate surface area is 118 Å². The van der Waals surface area contributed by atoms with Crippen molar-refractivity contribution in [3.8, 4) is 5.69 Å². The lowest BCUT2D eigenvalue weighted by Gasteiger charge is -2.09. The Hall–Kier alpha value is -2.14. The van der Waals surface area contributed by atoms with Gasteiger partial charge in [0, 0.05) is 24.2 Å². The van der Waals surface area contributed by atoms with Crippen LogP contribution in [-0.2, 0) is 11.3 Å². The summed E-state index contributed by atoms with van der Waals surface area (Å²) < 4.78 is 1.80. The number of amides is 1. The van der Waals surface area contributed by atoms with Gasteiger partial charge in [0.25, 0.3) is 0 Å². The number of nitrogens with two attached hydrogens (primary N) is 1. The summed E-state index contributed by atoms with van der Waals surface area (Å²) in [4.78, 5) is 11.8. The van der Waals surface area contributed by atoms with Crippen molar-refractivity contribution in [1.29, 1.82) is 0 Å². The highest BCUT2D eigenvalue weighted by atomic mass is 16.1. The molecule has 0 radical (unpaired) electrons. The predicted octanol–water partition coefficient (Wildman–Crippen LogP) is 1.47. The van der Waals surface area contributed by atoms with Gasteiger partial charge >= 0.3 is 0 Å². The monoisotopic (exact) mass is 272 g/mol. The van der Waals surface area contributed by atoms with E-state index in [1.54, 1.807) is 10.9 Å². The summed E-state index contributed by atoms with van der Waals surface area (Å²) in [5, 5.41) is 7.19. The van der Waals surface area contributed by atoms with Crippen molar-refractivity contribution in [2.75, 3.05) is 6.54 Å². The van der Waals surface area contributed by atoms with E-state index in [0.29, 0.717) is 19.5 Å². The van der Waals surface area contributed by atoms with Crippen molar-refractivity contribution in [3.05, 3.63) is 48.3 Å². The van der Waals surface area contributed by atoms with Crippen molar-refractivity contribution in [2.24, 2.45) is 11.7 Å². The first kappa shape index (κ1) is 14.3. The van der Waals surface area contributed by atoms with Gasteiger partial charge in [-0.15, -0.1) is 0 Å². The minimum atomic E-state index is -0.0517. The van der Waals surface area contributed by atoms with Gasteiger partial charge in [-0.3, -0.25) is 4.79 Å². The first-order valence-electron chi connectivity index (χ1n) is 6.77. The summed E-state index contributed by atoms with van der Waals surface area (Å²) in [6, 6.07) is 9.87. The highest BCUT2D eigenvalue weighted by Gasteiger charge is 2.11. The SMILES string of the molecule is CC(CCN)C(=O)NCc1cnn(-c2ccccc2)c1. The second kappa shape index (κ2) is 6.86. The Balaban J connectivity index is 1.92. The van der Waals surface area contributed by atoms with Crippen molar-refractivity contribution < 1.29 is 4.79 Å². The number of carbonyl (C=O) groups is 1. The summed E-state index contributed by atoms with van der Waals surface area (Å²) in [6.07, 6.45) is 4.39. The fourth-order valence-electron chi connectivity index (χ4n) is 1.92. The zero-order chi connectivity index (χ0) is 14.4. The zero-order valence-corrected chi connectivity index (χ0v) is 11.6. The second-order valence-electron chi connectivity index (χ2n) is 4.82. The van der Waals surface area contributed by atoms with Crippen molar-refractivity contribution in [1.82, 2.24) is 15.1 Å². The fraction of sp³-hybridized carbons (Fsp3) is 0.333. The number of benzene rings is 1. The summed E-state index contributed by atoms with van der Waals surface area (Å²) in [6.45, 7) is 2.90. The number of nitrogens with one attached hydrogen (secondary N) is 1. The Kier molecular flexibility index (Phi) is 4.90. The molecule has 20 heavy (non-hydrogen) atoms. The number of rotatable bonds is 6. The molecule has 2 rings (SSSR count). The van der Waals surface area contributed by atoms with E-state index in [-0.39, 0.29) is 11.8 Å². The van der Waals surface area contributed by atoms with E-state index in [0.717, 1.165) is 11.3 Å². The molecule has 0 fully saturated rings. The summed E-state index contributed by atoms with van der Waals surface area (Å²) >= 11 is 0. The van der Waals surface area contributed by atoms with Crippen LogP contribution in [0.25, 0.3) is 5.69 Å². The highest BCUT2D eigenvalue weighted by molar-refractivity contribution is 5.78. The summed E-state index contributed by atoms with van der Waals surface area (Å²) in [5.74, 6) is -0.0212. The lowest BCUT2D eigenvalue weighted by Crippen LogP contribution is -2.29. The van der Waals surface area contributed by atoms with Gasteiger partial charge in [-0.2, -0.15) is 5.10 Å². The highest BCUT2D eigenvalue weighted by Crippen LogP contribution is 2.08. The number of aromatic nitrogens is 2. The quantitative estimate of drug-likeness (QED) is 0.836. The molecule has 5 heteroatoms. The lowest BCUT2D eigenvalue weighted by molar-refractivity contribution is -0.124. The maximum Gasteiger partial charge on any atom is 0.223 e. The second-order valence-corrected chi connectivity index (χ2v) is 4.82. The van der Waals surface area contributed by atoms with Gasteiger partial charge in [0.15, 0.2) is 0 Å². The Morgan fingerprint density at radius 1 is 1.40 bits per heavy atom. The number of carbonyl (C=O) groups excluding carboxylic acids is 1. The Morgan fingerprint density at radius 3 is 2.85 bits per heavy atom. The molecule has 1 unspecified atom stereocenters. The third kappa shape index (κ3) is 3.68. The molecule has 106 valence electrons. The fourth-order valence-corrected chi connectivity index (χ4v) is 1.92. The van der Waals surface area contributed by atoms with Gasteiger partial charge < -0.3 is 11.1 Å².